The molecule has 3 heteroatoms. The molecule has 3 nitrogen and oxygen atoms in total. The zero-order valence-electron chi connectivity index (χ0n) is 11.8. The third-order valence-electron chi connectivity index (χ3n) is 3.82. The number of pyridine rings is 1. The fourth-order valence-electron chi connectivity index (χ4n) is 2.60. The van der Waals surface area contributed by atoms with Gasteiger partial charge in [0.2, 0.25) is 0 Å². The topological polar surface area (TPSA) is 25.4 Å². The highest BCUT2D eigenvalue weighted by Gasteiger charge is 2.27. The highest BCUT2D eigenvalue weighted by molar-refractivity contribution is 5.18. The van der Waals surface area contributed by atoms with E-state index >= 15 is 0 Å². The molecule has 1 aromatic carbocycles. The van der Waals surface area contributed by atoms with E-state index in [4.69, 9.17) is 4.74 Å². The fraction of sp³-hybridized carbons (Fsp3) is 0.353. The Morgan fingerprint density at radius 1 is 1.15 bits per heavy atom. The van der Waals surface area contributed by atoms with Gasteiger partial charge in [-0.2, -0.15) is 0 Å². The van der Waals surface area contributed by atoms with E-state index in [-0.39, 0.29) is 6.10 Å². The summed E-state index contributed by atoms with van der Waals surface area (Å²) >= 11 is 0. The molecule has 1 aliphatic heterocycles. The SMILES string of the molecule is C[C@@H]1CO[C@@H](c2ccccc2)CN1Cc1ccccn1. The molecule has 0 saturated carbocycles. The normalized spacial score (nSPS) is 23.6. The zero-order chi connectivity index (χ0) is 13.8. The van der Waals surface area contributed by atoms with E-state index in [1.807, 2.05) is 24.4 Å². The van der Waals surface area contributed by atoms with Crippen LogP contribution in [0.3, 0.4) is 0 Å². The number of benzene rings is 1. The fourth-order valence-corrected chi connectivity index (χ4v) is 2.60. The van der Waals surface area contributed by atoms with Crippen LogP contribution in [0.15, 0.2) is 54.7 Å². The smallest absolute Gasteiger partial charge is 0.0952 e. The Morgan fingerprint density at radius 3 is 2.70 bits per heavy atom. The number of nitrogens with zero attached hydrogens (tertiary/aromatic N) is 2. The Morgan fingerprint density at radius 2 is 1.95 bits per heavy atom. The summed E-state index contributed by atoms with van der Waals surface area (Å²) in [6, 6.07) is 17.0. The van der Waals surface area contributed by atoms with Crippen LogP contribution in [0.2, 0.25) is 0 Å². The van der Waals surface area contributed by atoms with Crippen molar-refractivity contribution in [3.63, 3.8) is 0 Å². The summed E-state index contributed by atoms with van der Waals surface area (Å²) in [5, 5.41) is 0. The van der Waals surface area contributed by atoms with Crippen molar-refractivity contribution in [3.05, 3.63) is 66.0 Å². The Kier molecular flexibility index (Phi) is 4.09. The summed E-state index contributed by atoms with van der Waals surface area (Å²) in [5.74, 6) is 0. The van der Waals surface area contributed by atoms with Crippen molar-refractivity contribution in [2.75, 3.05) is 13.2 Å². The van der Waals surface area contributed by atoms with Gasteiger partial charge >= 0.3 is 0 Å². The molecule has 20 heavy (non-hydrogen) atoms. The van der Waals surface area contributed by atoms with Crippen LogP contribution in [-0.2, 0) is 11.3 Å². The van der Waals surface area contributed by atoms with Crippen LogP contribution in [0.1, 0.15) is 24.3 Å². The molecule has 1 fully saturated rings. The number of hydrogen-bond acceptors (Lipinski definition) is 3. The predicted octanol–water partition coefficient (Wildman–Crippen LogP) is 3.04. The quantitative estimate of drug-likeness (QED) is 0.855. The van der Waals surface area contributed by atoms with Gasteiger partial charge in [0.25, 0.3) is 0 Å². The number of hydrogen-bond donors (Lipinski definition) is 0. The summed E-state index contributed by atoms with van der Waals surface area (Å²) < 4.78 is 5.98. The van der Waals surface area contributed by atoms with Crippen LogP contribution < -0.4 is 0 Å². The van der Waals surface area contributed by atoms with Gasteiger partial charge in [-0.1, -0.05) is 36.4 Å². The molecule has 2 atom stereocenters. The number of ether oxygens (including phenoxy) is 1. The molecule has 0 radical (unpaired) electrons. The summed E-state index contributed by atoms with van der Waals surface area (Å²) in [7, 11) is 0. The molecule has 0 unspecified atom stereocenters. The van der Waals surface area contributed by atoms with Crippen LogP contribution in [-0.4, -0.2) is 29.1 Å². The lowest BCUT2D eigenvalue weighted by molar-refractivity contribution is -0.0636. The molecule has 0 bridgehead atoms. The second-order valence-electron chi connectivity index (χ2n) is 5.33. The van der Waals surface area contributed by atoms with Crippen LogP contribution in [0.5, 0.6) is 0 Å². The van der Waals surface area contributed by atoms with Crippen molar-refractivity contribution in [3.8, 4) is 0 Å². The van der Waals surface area contributed by atoms with Crippen molar-refractivity contribution in [2.45, 2.75) is 25.6 Å². The third-order valence-corrected chi connectivity index (χ3v) is 3.82. The van der Waals surface area contributed by atoms with Gasteiger partial charge in [0.05, 0.1) is 18.4 Å². The number of aromatic nitrogens is 1. The maximum atomic E-state index is 5.98. The largest absolute Gasteiger partial charge is 0.371 e. The second kappa shape index (κ2) is 6.16. The Hall–Kier alpha value is -1.71. The van der Waals surface area contributed by atoms with Gasteiger partial charge in [0.15, 0.2) is 0 Å². The van der Waals surface area contributed by atoms with Crippen LogP contribution >= 0.6 is 0 Å². The number of rotatable bonds is 3. The van der Waals surface area contributed by atoms with Crippen molar-refractivity contribution < 1.29 is 4.74 Å². The number of morpholine rings is 1. The molecule has 0 amide bonds. The Bertz CT molecular complexity index is 529. The van der Waals surface area contributed by atoms with E-state index in [1.54, 1.807) is 0 Å². The van der Waals surface area contributed by atoms with E-state index in [1.165, 1.54) is 5.56 Å². The van der Waals surface area contributed by atoms with Crippen LogP contribution in [0.25, 0.3) is 0 Å². The highest BCUT2D eigenvalue weighted by atomic mass is 16.5. The lowest BCUT2D eigenvalue weighted by atomic mass is 10.1. The van der Waals surface area contributed by atoms with Gasteiger partial charge in [-0.25, -0.2) is 0 Å². The lowest BCUT2D eigenvalue weighted by Crippen LogP contribution is -2.44. The van der Waals surface area contributed by atoms with E-state index in [9.17, 15) is 0 Å². The summed E-state index contributed by atoms with van der Waals surface area (Å²) in [5.41, 5.74) is 2.37. The first-order valence-electron chi connectivity index (χ1n) is 7.13. The zero-order valence-corrected chi connectivity index (χ0v) is 11.8. The molecule has 2 aromatic rings. The molecular formula is C17H20N2O. The molecular weight excluding hydrogens is 248 g/mol. The average molecular weight is 268 g/mol. The van der Waals surface area contributed by atoms with Crippen LogP contribution in [0.4, 0.5) is 0 Å². The first-order valence-corrected chi connectivity index (χ1v) is 7.13. The van der Waals surface area contributed by atoms with E-state index in [0.29, 0.717) is 6.04 Å². The summed E-state index contributed by atoms with van der Waals surface area (Å²) in [6.45, 7) is 4.78. The minimum atomic E-state index is 0.163. The van der Waals surface area contributed by atoms with Gasteiger partial charge in [-0.3, -0.25) is 9.88 Å². The standard InChI is InChI=1S/C17H20N2O/c1-14-13-20-17(15-7-3-2-4-8-15)12-19(14)11-16-9-5-6-10-18-16/h2-10,14,17H,11-13H2,1H3/t14-,17-/m1/s1. The third kappa shape index (κ3) is 3.06. The highest BCUT2D eigenvalue weighted by Crippen LogP contribution is 2.25. The monoisotopic (exact) mass is 268 g/mol. The average Bonchev–Trinajstić information content (AvgIpc) is 2.51. The predicted molar refractivity (Wildman–Crippen MR) is 79.2 cm³/mol. The summed E-state index contributed by atoms with van der Waals surface area (Å²) in [4.78, 5) is 6.87. The molecule has 0 spiro atoms. The lowest BCUT2D eigenvalue weighted by Gasteiger charge is -2.38. The molecule has 0 aliphatic carbocycles. The van der Waals surface area contributed by atoms with Gasteiger partial charge in [-0.05, 0) is 24.6 Å². The molecule has 104 valence electrons. The molecule has 1 aliphatic rings. The molecule has 2 heterocycles. The molecule has 1 saturated heterocycles. The minimum Gasteiger partial charge on any atom is -0.371 e. The maximum Gasteiger partial charge on any atom is 0.0952 e. The van der Waals surface area contributed by atoms with Gasteiger partial charge in [0, 0.05) is 25.3 Å². The molecule has 3 rings (SSSR count). The Balaban J connectivity index is 1.71. The van der Waals surface area contributed by atoms with Crippen molar-refractivity contribution in [1.29, 1.82) is 0 Å². The first-order chi connectivity index (χ1) is 9.83. The van der Waals surface area contributed by atoms with E-state index in [2.05, 4.69) is 47.1 Å². The van der Waals surface area contributed by atoms with Crippen LogP contribution in [0, 0.1) is 0 Å². The van der Waals surface area contributed by atoms with Crippen molar-refractivity contribution in [1.82, 2.24) is 9.88 Å². The first kappa shape index (κ1) is 13.3. The van der Waals surface area contributed by atoms with Gasteiger partial charge < -0.3 is 4.74 Å². The van der Waals surface area contributed by atoms with E-state index in [0.717, 1.165) is 25.4 Å². The second-order valence-corrected chi connectivity index (χ2v) is 5.33. The molecule has 1 aromatic heterocycles. The maximum absolute atomic E-state index is 5.98. The van der Waals surface area contributed by atoms with E-state index < -0.39 is 0 Å². The van der Waals surface area contributed by atoms with Crippen molar-refractivity contribution >= 4 is 0 Å². The van der Waals surface area contributed by atoms with Gasteiger partial charge in [0.1, 0.15) is 0 Å². The minimum absolute atomic E-state index is 0.163. The molecule has 0 N–H and O–H groups in total. The Labute approximate surface area is 120 Å². The van der Waals surface area contributed by atoms with Gasteiger partial charge in [-0.15, -0.1) is 0 Å². The van der Waals surface area contributed by atoms with Crippen molar-refractivity contribution in [2.24, 2.45) is 0 Å². The summed E-state index contributed by atoms with van der Waals surface area (Å²) in [6.07, 6.45) is 2.02.